The fraction of sp³-hybridized carbons (Fsp3) is 0.750. The van der Waals surface area contributed by atoms with Gasteiger partial charge >= 0.3 is 12.0 Å². The fourth-order valence-corrected chi connectivity index (χ4v) is 1.26. The van der Waals surface area contributed by atoms with E-state index in [0.29, 0.717) is 13.2 Å². The third-order valence-electron chi connectivity index (χ3n) is 2.44. The number of ether oxygens (including phenoxy) is 1. The topological polar surface area (TPSA) is 105 Å². The first kappa shape index (κ1) is 17.4. The summed E-state index contributed by atoms with van der Waals surface area (Å²) in [6.07, 6.45) is -0.522. The highest BCUT2D eigenvalue weighted by Crippen LogP contribution is 2.02. The Labute approximate surface area is 112 Å². The summed E-state index contributed by atoms with van der Waals surface area (Å²) in [7, 11) is 0. The molecule has 0 aromatic carbocycles. The number of rotatable bonds is 8. The molecule has 0 aliphatic heterocycles. The van der Waals surface area contributed by atoms with Crippen LogP contribution in [0.1, 0.15) is 33.6 Å². The predicted octanol–water partition coefficient (Wildman–Crippen LogP) is 0.738. The number of nitrogens with one attached hydrogen (secondary N) is 2. The van der Waals surface area contributed by atoms with Gasteiger partial charge in [-0.1, -0.05) is 13.8 Å². The molecule has 0 heterocycles. The molecular formula is C12H22N2O5. The van der Waals surface area contributed by atoms with Crippen molar-refractivity contribution in [3.63, 3.8) is 0 Å². The molecule has 7 heteroatoms. The lowest BCUT2D eigenvalue weighted by atomic mass is 10.1. The van der Waals surface area contributed by atoms with Gasteiger partial charge in [-0.15, -0.1) is 0 Å². The first-order chi connectivity index (χ1) is 8.86. The van der Waals surface area contributed by atoms with Gasteiger partial charge in [0.25, 0.3) is 0 Å². The van der Waals surface area contributed by atoms with Crippen LogP contribution in [0.5, 0.6) is 0 Å². The van der Waals surface area contributed by atoms with E-state index < -0.39 is 17.9 Å². The maximum absolute atomic E-state index is 11.5. The molecule has 110 valence electrons. The monoisotopic (exact) mass is 274 g/mol. The van der Waals surface area contributed by atoms with Crippen molar-refractivity contribution in [3.05, 3.63) is 0 Å². The van der Waals surface area contributed by atoms with E-state index in [1.807, 2.05) is 20.8 Å². The van der Waals surface area contributed by atoms with Crippen LogP contribution >= 0.6 is 0 Å². The molecule has 3 N–H and O–H groups in total. The normalized spacial score (nSPS) is 12.0. The van der Waals surface area contributed by atoms with Crippen molar-refractivity contribution in [1.82, 2.24) is 10.6 Å². The zero-order valence-electron chi connectivity index (χ0n) is 11.6. The molecule has 0 aliphatic rings. The Morgan fingerprint density at radius 2 is 1.84 bits per heavy atom. The Morgan fingerprint density at radius 1 is 1.21 bits per heavy atom. The molecule has 0 bridgehead atoms. The molecule has 0 aliphatic carbocycles. The third kappa shape index (κ3) is 9.01. The van der Waals surface area contributed by atoms with Gasteiger partial charge in [0.05, 0.1) is 19.1 Å². The predicted molar refractivity (Wildman–Crippen MR) is 68.7 cm³/mol. The van der Waals surface area contributed by atoms with Crippen molar-refractivity contribution >= 4 is 17.9 Å². The second-order valence-corrected chi connectivity index (χ2v) is 4.43. The number of amides is 3. The lowest BCUT2D eigenvalue weighted by molar-refractivity contribution is -0.138. The van der Waals surface area contributed by atoms with Crippen LogP contribution in [0.3, 0.4) is 0 Å². The second kappa shape index (κ2) is 9.32. The van der Waals surface area contributed by atoms with Gasteiger partial charge in [-0.2, -0.15) is 0 Å². The van der Waals surface area contributed by atoms with E-state index in [1.54, 1.807) is 0 Å². The van der Waals surface area contributed by atoms with Gasteiger partial charge < -0.3 is 15.2 Å². The first-order valence-corrected chi connectivity index (χ1v) is 6.26. The van der Waals surface area contributed by atoms with Crippen LogP contribution in [-0.2, 0) is 14.3 Å². The number of carboxylic acids is 1. The van der Waals surface area contributed by atoms with Gasteiger partial charge in [0.2, 0.25) is 5.91 Å². The molecule has 0 rings (SSSR count). The zero-order valence-corrected chi connectivity index (χ0v) is 11.6. The van der Waals surface area contributed by atoms with E-state index in [-0.39, 0.29) is 24.8 Å². The quantitative estimate of drug-likeness (QED) is 0.605. The lowest BCUT2D eigenvalue weighted by Gasteiger charge is -2.22. The average molecular weight is 274 g/mol. The van der Waals surface area contributed by atoms with E-state index in [0.717, 1.165) is 0 Å². The minimum absolute atomic E-state index is 0.159. The second-order valence-electron chi connectivity index (χ2n) is 4.43. The lowest BCUT2D eigenvalue weighted by Crippen LogP contribution is -2.48. The van der Waals surface area contributed by atoms with Gasteiger partial charge in [-0.3, -0.25) is 14.9 Å². The third-order valence-corrected chi connectivity index (χ3v) is 2.44. The van der Waals surface area contributed by atoms with Gasteiger partial charge in [0, 0.05) is 13.0 Å². The number of carboxylic acid groups (broad SMARTS) is 1. The van der Waals surface area contributed by atoms with Gasteiger partial charge in [0.1, 0.15) is 0 Å². The molecule has 0 saturated heterocycles. The smallest absolute Gasteiger partial charge is 0.321 e. The Bertz CT molecular complexity index is 317. The van der Waals surface area contributed by atoms with Crippen molar-refractivity contribution in [2.24, 2.45) is 5.92 Å². The van der Waals surface area contributed by atoms with Crippen LogP contribution in [-0.4, -0.2) is 42.3 Å². The number of imide groups is 1. The van der Waals surface area contributed by atoms with Crippen LogP contribution in [0.4, 0.5) is 4.79 Å². The number of aliphatic carboxylic acids is 1. The fourth-order valence-electron chi connectivity index (χ4n) is 1.26. The zero-order chi connectivity index (χ0) is 14.8. The highest BCUT2D eigenvalue weighted by atomic mass is 16.5. The molecule has 0 spiro atoms. The maximum Gasteiger partial charge on any atom is 0.321 e. The number of urea groups is 1. The molecule has 3 amide bonds. The van der Waals surface area contributed by atoms with Gasteiger partial charge in [0.15, 0.2) is 0 Å². The minimum atomic E-state index is -1.08. The number of hydrogen-bond donors (Lipinski definition) is 3. The molecule has 1 unspecified atom stereocenters. The van der Waals surface area contributed by atoms with Crippen molar-refractivity contribution in [1.29, 1.82) is 0 Å². The van der Waals surface area contributed by atoms with Crippen molar-refractivity contribution < 1.29 is 24.2 Å². The Hall–Kier alpha value is -1.63. The van der Waals surface area contributed by atoms with Crippen molar-refractivity contribution in [2.45, 2.75) is 39.7 Å². The summed E-state index contributed by atoms with van der Waals surface area (Å²) in [5, 5.41) is 13.1. The molecule has 7 nitrogen and oxygen atoms in total. The molecular weight excluding hydrogens is 252 g/mol. The van der Waals surface area contributed by atoms with Crippen LogP contribution in [0, 0.1) is 5.92 Å². The highest BCUT2D eigenvalue weighted by molar-refractivity contribution is 5.95. The maximum atomic E-state index is 11.5. The molecule has 1 atom stereocenters. The number of carbonyl (C=O) groups is 3. The highest BCUT2D eigenvalue weighted by Gasteiger charge is 2.17. The summed E-state index contributed by atoms with van der Waals surface area (Å²) in [6.45, 7) is 6.62. The first-order valence-electron chi connectivity index (χ1n) is 6.26. The van der Waals surface area contributed by atoms with Crippen LogP contribution in [0.25, 0.3) is 0 Å². The van der Waals surface area contributed by atoms with Crippen LogP contribution < -0.4 is 10.6 Å². The van der Waals surface area contributed by atoms with Gasteiger partial charge in [-0.25, -0.2) is 4.79 Å². The molecule has 0 fully saturated rings. The van der Waals surface area contributed by atoms with E-state index in [2.05, 4.69) is 10.6 Å². The van der Waals surface area contributed by atoms with Crippen LogP contribution in [0.2, 0.25) is 0 Å². The minimum Gasteiger partial charge on any atom is -0.481 e. The number of hydrogen-bond acceptors (Lipinski definition) is 4. The molecule has 0 radical (unpaired) electrons. The standard InChI is InChI=1S/C12H22N2O5/c1-4-19-7-9(8(2)3)13-12(18)14-10(15)5-6-11(16)17/h8-9H,4-7H2,1-3H3,(H,16,17)(H2,13,14,15,18). The summed E-state index contributed by atoms with van der Waals surface area (Å²) in [5.41, 5.74) is 0. The Balaban J connectivity index is 4.11. The van der Waals surface area contributed by atoms with Gasteiger partial charge in [-0.05, 0) is 12.8 Å². The Morgan fingerprint density at radius 3 is 2.32 bits per heavy atom. The summed E-state index contributed by atoms with van der Waals surface area (Å²) >= 11 is 0. The summed E-state index contributed by atoms with van der Waals surface area (Å²) in [4.78, 5) is 33.1. The molecule has 0 aromatic heterocycles. The van der Waals surface area contributed by atoms with Crippen LogP contribution in [0.15, 0.2) is 0 Å². The largest absolute Gasteiger partial charge is 0.481 e. The van der Waals surface area contributed by atoms with E-state index in [4.69, 9.17) is 9.84 Å². The SMILES string of the molecule is CCOCC(NC(=O)NC(=O)CCC(=O)O)C(C)C. The van der Waals surface area contributed by atoms with E-state index in [1.165, 1.54) is 0 Å². The average Bonchev–Trinajstić information content (AvgIpc) is 2.31. The Kier molecular flexibility index (Phi) is 8.52. The number of carbonyl (C=O) groups excluding carboxylic acids is 2. The summed E-state index contributed by atoms with van der Waals surface area (Å²) in [5.74, 6) is -1.53. The van der Waals surface area contributed by atoms with Crippen molar-refractivity contribution in [2.75, 3.05) is 13.2 Å². The van der Waals surface area contributed by atoms with Crippen molar-refractivity contribution in [3.8, 4) is 0 Å². The van der Waals surface area contributed by atoms with E-state index >= 15 is 0 Å². The summed E-state index contributed by atoms with van der Waals surface area (Å²) < 4.78 is 5.24. The molecule has 0 saturated carbocycles. The molecule has 0 aromatic rings. The molecule has 19 heavy (non-hydrogen) atoms. The van der Waals surface area contributed by atoms with E-state index in [9.17, 15) is 14.4 Å². The summed E-state index contributed by atoms with van der Waals surface area (Å²) in [6, 6.07) is -0.832.